The maximum Gasteiger partial charge on any atom is 0.235 e. The van der Waals surface area contributed by atoms with Crippen LogP contribution in [0, 0.1) is 5.92 Å². The first-order chi connectivity index (χ1) is 3.34. The predicted octanol–water partition coefficient (Wildman–Crippen LogP) is 0.731. The minimum absolute atomic E-state index is 0.317. The van der Waals surface area contributed by atoms with Crippen molar-refractivity contribution in [1.82, 2.24) is 0 Å². The van der Waals surface area contributed by atoms with Crippen LogP contribution >= 0.6 is 0 Å². The molecule has 0 aromatic rings. The van der Waals surface area contributed by atoms with Crippen LogP contribution in [-0.4, -0.2) is 12.1 Å². The quantitative estimate of drug-likeness (QED) is 0.350. The third-order valence-electron chi connectivity index (χ3n) is 1.29. The molecule has 1 rings (SSSR count). The van der Waals surface area contributed by atoms with Crippen molar-refractivity contribution in [3.8, 4) is 0 Å². The van der Waals surface area contributed by atoms with Crippen LogP contribution in [-0.2, 0) is 4.79 Å². The van der Waals surface area contributed by atoms with Gasteiger partial charge < -0.3 is 0 Å². The first-order valence-electron chi connectivity index (χ1n) is 2.41. The highest BCUT2D eigenvalue weighted by molar-refractivity contribution is 5.34. The molecule has 0 N–H and O–H groups in total. The van der Waals surface area contributed by atoms with E-state index in [1.54, 1.807) is 0 Å². The molecule has 2 nitrogen and oxygen atoms in total. The SMILES string of the molecule is C[C@@H]1C[C@H]1N=C=O. The Morgan fingerprint density at radius 2 is 2.43 bits per heavy atom. The summed E-state index contributed by atoms with van der Waals surface area (Å²) in [5.74, 6) is 0.640. The molecule has 2 heteroatoms. The fraction of sp³-hybridized carbons (Fsp3) is 0.800. The molecule has 1 fully saturated rings. The monoisotopic (exact) mass is 97.1 g/mol. The normalized spacial score (nSPS) is 36.7. The summed E-state index contributed by atoms with van der Waals surface area (Å²) in [6.07, 6.45) is 2.61. The van der Waals surface area contributed by atoms with Gasteiger partial charge in [-0.05, 0) is 12.3 Å². The summed E-state index contributed by atoms with van der Waals surface area (Å²) in [7, 11) is 0. The van der Waals surface area contributed by atoms with E-state index in [1.807, 2.05) is 0 Å². The maximum atomic E-state index is 9.51. The smallest absolute Gasteiger partial charge is 0.211 e. The molecule has 0 saturated heterocycles. The van der Waals surface area contributed by atoms with Gasteiger partial charge in [-0.25, -0.2) is 9.79 Å². The van der Waals surface area contributed by atoms with Crippen molar-refractivity contribution < 1.29 is 4.79 Å². The van der Waals surface area contributed by atoms with E-state index in [4.69, 9.17) is 0 Å². The molecule has 1 saturated carbocycles. The zero-order chi connectivity index (χ0) is 5.28. The van der Waals surface area contributed by atoms with Gasteiger partial charge in [0.05, 0.1) is 6.04 Å². The molecule has 0 spiro atoms. The summed E-state index contributed by atoms with van der Waals surface area (Å²) >= 11 is 0. The van der Waals surface area contributed by atoms with Gasteiger partial charge in [-0.1, -0.05) is 6.92 Å². The first-order valence-corrected chi connectivity index (χ1v) is 2.41. The number of isocyanates is 1. The Morgan fingerprint density at radius 1 is 1.86 bits per heavy atom. The van der Waals surface area contributed by atoms with Gasteiger partial charge in [-0.3, -0.25) is 0 Å². The molecule has 0 aromatic carbocycles. The summed E-state index contributed by atoms with van der Waals surface area (Å²) in [5, 5.41) is 0. The van der Waals surface area contributed by atoms with E-state index in [1.165, 1.54) is 6.08 Å². The van der Waals surface area contributed by atoms with E-state index in [9.17, 15) is 4.79 Å². The Labute approximate surface area is 42.3 Å². The van der Waals surface area contributed by atoms with Gasteiger partial charge in [0.15, 0.2) is 0 Å². The Hall–Kier alpha value is -0.620. The van der Waals surface area contributed by atoms with Crippen molar-refractivity contribution in [2.45, 2.75) is 19.4 Å². The highest BCUT2D eigenvalue weighted by Crippen LogP contribution is 2.31. The van der Waals surface area contributed by atoms with Gasteiger partial charge in [0, 0.05) is 0 Å². The number of nitrogens with zero attached hydrogens (tertiary/aromatic N) is 1. The molecule has 0 unspecified atom stereocenters. The number of rotatable bonds is 1. The summed E-state index contributed by atoms with van der Waals surface area (Å²) < 4.78 is 0. The van der Waals surface area contributed by atoms with Crippen LogP contribution in [0.15, 0.2) is 4.99 Å². The lowest BCUT2D eigenvalue weighted by atomic mass is 10.5. The van der Waals surface area contributed by atoms with Crippen molar-refractivity contribution >= 4 is 6.08 Å². The van der Waals surface area contributed by atoms with Crippen LogP contribution in [0.2, 0.25) is 0 Å². The van der Waals surface area contributed by atoms with E-state index >= 15 is 0 Å². The summed E-state index contributed by atoms with van der Waals surface area (Å²) in [6.45, 7) is 2.07. The van der Waals surface area contributed by atoms with Gasteiger partial charge in [0.25, 0.3) is 0 Å². The average Bonchev–Trinajstić information content (AvgIpc) is 2.22. The van der Waals surface area contributed by atoms with E-state index < -0.39 is 0 Å². The second-order valence-electron chi connectivity index (χ2n) is 2.00. The van der Waals surface area contributed by atoms with Crippen molar-refractivity contribution in [2.75, 3.05) is 0 Å². The highest BCUT2D eigenvalue weighted by atomic mass is 16.1. The molecule has 2 atom stereocenters. The molecular weight excluding hydrogens is 90.1 g/mol. The third kappa shape index (κ3) is 0.875. The number of carbonyl (C=O) groups excluding carboxylic acids is 1. The maximum absolute atomic E-state index is 9.51. The fourth-order valence-electron chi connectivity index (χ4n) is 0.550. The molecule has 0 aliphatic heterocycles. The number of hydrogen-bond acceptors (Lipinski definition) is 2. The molecule has 0 bridgehead atoms. The van der Waals surface area contributed by atoms with Crippen molar-refractivity contribution in [1.29, 1.82) is 0 Å². The standard InChI is InChI=1S/C5H7NO/c1-4-2-5(4)6-3-7/h4-5H,2H2,1H3/t4-,5-/m1/s1. The van der Waals surface area contributed by atoms with Crippen molar-refractivity contribution in [2.24, 2.45) is 10.9 Å². The van der Waals surface area contributed by atoms with Crippen molar-refractivity contribution in [3.05, 3.63) is 0 Å². The molecule has 0 amide bonds. The van der Waals surface area contributed by atoms with Gasteiger partial charge in [-0.15, -0.1) is 0 Å². The molecule has 0 aromatic heterocycles. The molecule has 38 valence electrons. The molecule has 1 aliphatic carbocycles. The largest absolute Gasteiger partial charge is 0.235 e. The third-order valence-corrected chi connectivity index (χ3v) is 1.29. The molecule has 1 aliphatic rings. The lowest BCUT2D eigenvalue weighted by molar-refractivity contribution is 0.562. The van der Waals surface area contributed by atoms with Gasteiger partial charge in [-0.2, -0.15) is 0 Å². The Morgan fingerprint density at radius 3 is 2.57 bits per heavy atom. The first kappa shape index (κ1) is 4.54. The Kier molecular flexibility index (Phi) is 0.953. The zero-order valence-corrected chi connectivity index (χ0v) is 4.22. The second-order valence-corrected chi connectivity index (χ2v) is 2.00. The fourth-order valence-corrected chi connectivity index (χ4v) is 0.550. The Bertz CT molecular complexity index is 115. The Balaban J connectivity index is 2.34. The minimum Gasteiger partial charge on any atom is -0.211 e. The number of aliphatic imine (C=N–C) groups is 1. The summed E-state index contributed by atoms with van der Waals surface area (Å²) in [5.41, 5.74) is 0. The average molecular weight is 97.1 g/mol. The van der Waals surface area contributed by atoms with Crippen molar-refractivity contribution in [3.63, 3.8) is 0 Å². The van der Waals surface area contributed by atoms with Crippen LogP contribution < -0.4 is 0 Å². The van der Waals surface area contributed by atoms with Gasteiger partial charge in [0.1, 0.15) is 0 Å². The van der Waals surface area contributed by atoms with Crippen LogP contribution in [0.4, 0.5) is 0 Å². The lowest BCUT2D eigenvalue weighted by Gasteiger charge is -1.71. The van der Waals surface area contributed by atoms with Gasteiger partial charge in [0.2, 0.25) is 6.08 Å². The highest BCUT2D eigenvalue weighted by Gasteiger charge is 2.31. The predicted molar refractivity (Wildman–Crippen MR) is 25.7 cm³/mol. The van der Waals surface area contributed by atoms with Crippen LogP contribution in [0.3, 0.4) is 0 Å². The van der Waals surface area contributed by atoms with Crippen LogP contribution in [0.25, 0.3) is 0 Å². The van der Waals surface area contributed by atoms with Crippen LogP contribution in [0.1, 0.15) is 13.3 Å². The molecule has 7 heavy (non-hydrogen) atoms. The second kappa shape index (κ2) is 1.47. The molecular formula is C5H7NO. The van der Waals surface area contributed by atoms with E-state index in [2.05, 4.69) is 11.9 Å². The van der Waals surface area contributed by atoms with E-state index in [0.717, 1.165) is 6.42 Å². The molecule has 0 heterocycles. The number of hydrogen-bond donors (Lipinski definition) is 0. The van der Waals surface area contributed by atoms with E-state index in [0.29, 0.717) is 12.0 Å². The lowest BCUT2D eigenvalue weighted by Crippen LogP contribution is -1.74. The van der Waals surface area contributed by atoms with Crippen LogP contribution in [0.5, 0.6) is 0 Å². The summed E-state index contributed by atoms with van der Waals surface area (Å²) in [4.78, 5) is 13.0. The minimum atomic E-state index is 0.317. The topological polar surface area (TPSA) is 29.4 Å². The van der Waals surface area contributed by atoms with E-state index in [-0.39, 0.29) is 0 Å². The summed E-state index contributed by atoms with van der Waals surface area (Å²) in [6, 6.07) is 0.317. The molecule has 0 radical (unpaired) electrons. The van der Waals surface area contributed by atoms with Gasteiger partial charge >= 0.3 is 0 Å². The zero-order valence-electron chi connectivity index (χ0n) is 4.22.